The molecule has 1 rings (SSSR count). The Labute approximate surface area is 93.4 Å². The Kier molecular flexibility index (Phi) is 6.17. The zero-order valence-corrected chi connectivity index (χ0v) is 10.1. The molecule has 2 N–H and O–H groups in total. The second-order valence-electron chi connectivity index (χ2n) is 4.30. The first kappa shape index (κ1) is 12.9. The number of hydrogen-bond acceptors (Lipinski definition) is 4. The molecule has 0 amide bonds. The second-order valence-corrected chi connectivity index (χ2v) is 4.30. The zero-order valence-electron chi connectivity index (χ0n) is 10.1. The number of rotatable bonds is 6. The molecule has 1 fully saturated rings. The molecule has 0 aromatic heterocycles. The maximum atomic E-state index is 5.78. The lowest BCUT2D eigenvalue weighted by Crippen LogP contribution is -2.55. The van der Waals surface area contributed by atoms with Crippen LogP contribution in [0.15, 0.2) is 0 Å². The predicted octanol–water partition coefficient (Wildman–Crippen LogP) is -0.0123. The van der Waals surface area contributed by atoms with E-state index in [1.807, 2.05) is 0 Å². The van der Waals surface area contributed by atoms with Gasteiger partial charge in [0.2, 0.25) is 0 Å². The van der Waals surface area contributed by atoms with Crippen LogP contribution < -0.4 is 5.73 Å². The molecule has 4 heteroatoms. The van der Waals surface area contributed by atoms with Gasteiger partial charge in [-0.3, -0.25) is 4.90 Å². The second kappa shape index (κ2) is 7.17. The Bertz CT molecular complexity index is 166. The van der Waals surface area contributed by atoms with Gasteiger partial charge in [0.15, 0.2) is 0 Å². The van der Waals surface area contributed by atoms with E-state index in [1.165, 1.54) is 0 Å². The molecular weight excluding hydrogens is 190 g/mol. The van der Waals surface area contributed by atoms with Gasteiger partial charge in [-0.1, -0.05) is 6.92 Å². The van der Waals surface area contributed by atoms with Crippen molar-refractivity contribution < 1.29 is 4.74 Å². The van der Waals surface area contributed by atoms with Crippen LogP contribution in [0, 0.1) is 0 Å². The smallest absolute Gasteiger partial charge is 0.0593 e. The lowest BCUT2D eigenvalue weighted by atomic mass is 10.2. The third-order valence-electron chi connectivity index (χ3n) is 2.95. The van der Waals surface area contributed by atoms with Crippen molar-refractivity contribution in [1.29, 1.82) is 0 Å². The van der Waals surface area contributed by atoms with Crippen molar-refractivity contribution in [2.24, 2.45) is 5.73 Å². The summed E-state index contributed by atoms with van der Waals surface area (Å²) in [5.41, 5.74) is 5.78. The first-order valence-electron chi connectivity index (χ1n) is 5.98. The van der Waals surface area contributed by atoms with E-state index in [0.717, 1.165) is 52.4 Å². The van der Waals surface area contributed by atoms with Crippen molar-refractivity contribution in [3.8, 4) is 0 Å². The SMILES string of the molecule is CCCOCCN1CCN(C)CC1CN. The minimum absolute atomic E-state index is 0.508. The average Bonchev–Trinajstić information content (AvgIpc) is 2.26. The van der Waals surface area contributed by atoms with E-state index in [-0.39, 0.29) is 0 Å². The number of hydrogen-bond donors (Lipinski definition) is 1. The fraction of sp³-hybridized carbons (Fsp3) is 1.00. The summed E-state index contributed by atoms with van der Waals surface area (Å²) in [6.07, 6.45) is 1.10. The Morgan fingerprint density at radius 3 is 2.80 bits per heavy atom. The highest BCUT2D eigenvalue weighted by atomic mass is 16.5. The van der Waals surface area contributed by atoms with E-state index >= 15 is 0 Å². The van der Waals surface area contributed by atoms with Crippen LogP contribution in [0.1, 0.15) is 13.3 Å². The number of piperazine rings is 1. The molecule has 1 aliphatic rings. The van der Waals surface area contributed by atoms with Gasteiger partial charge in [-0.15, -0.1) is 0 Å². The fourth-order valence-corrected chi connectivity index (χ4v) is 1.99. The Balaban J connectivity index is 2.20. The van der Waals surface area contributed by atoms with Crippen LogP contribution in [-0.4, -0.2) is 68.8 Å². The molecule has 0 aromatic rings. The van der Waals surface area contributed by atoms with Crippen molar-refractivity contribution >= 4 is 0 Å². The molecule has 0 spiro atoms. The van der Waals surface area contributed by atoms with Crippen LogP contribution in [-0.2, 0) is 4.74 Å². The zero-order chi connectivity index (χ0) is 11.1. The van der Waals surface area contributed by atoms with E-state index < -0.39 is 0 Å². The first-order chi connectivity index (χ1) is 7.27. The fourth-order valence-electron chi connectivity index (χ4n) is 1.99. The summed E-state index contributed by atoms with van der Waals surface area (Å²) < 4.78 is 5.51. The summed E-state index contributed by atoms with van der Waals surface area (Å²) in [6.45, 7) is 8.98. The molecule has 0 aromatic carbocycles. The molecule has 90 valence electrons. The molecule has 0 bridgehead atoms. The summed E-state index contributed by atoms with van der Waals surface area (Å²) in [7, 11) is 2.16. The Morgan fingerprint density at radius 1 is 1.33 bits per heavy atom. The summed E-state index contributed by atoms with van der Waals surface area (Å²) >= 11 is 0. The molecule has 15 heavy (non-hydrogen) atoms. The van der Waals surface area contributed by atoms with Gasteiger partial charge in [-0.2, -0.15) is 0 Å². The van der Waals surface area contributed by atoms with Gasteiger partial charge in [0.1, 0.15) is 0 Å². The molecule has 0 aliphatic carbocycles. The minimum Gasteiger partial charge on any atom is -0.380 e. The third kappa shape index (κ3) is 4.47. The van der Waals surface area contributed by atoms with Crippen molar-refractivity contribution in [3.05, 3.63) is 0 Å². The molecule has 1 heterocycles. The highest BCUT2D eigenvalue weighted by Gasteiger charge is 2.23. The quantitative estimate of drug-likeness (QED) is 0.633. The van der Waals surface area contributed by atoms with Gasteiger partial charge >= 0.3 is 0 Å². The van der Waals surface area contributed by atoms with Crippen LogP contribution in [0.25, 0.3) is 0 Å². The van der Waals surface area contributed by atoms with Gasteiger partial charge in [0.05, 0.1) is 6.61 Å². The van der Waals surface area contributed by atoms with Crippen LogP contribution in [0.4, 0.5) is 0 Å². The molecule has 4 nitrogen and oxygen atoms in total. The normalized spacial score (nSPS) is 24.6. The van der Waals surface area contributed by atoms with Gasteiger partial charge in [-0.05, 0) is 13.5 Å². The highest BCUT2D eigenvalue weighted by Crippen LogP contribution is 2.06. The van der Waals surface area contributed by atoms with Crippen molar-refractivity contribution in [2.75, 3.05) is 53.0 Å². The van der Waals surface area contributed by atoms with Crippen LogP contribution >= 0.6 is 0 Å². The molecule has 1 atom stereocenters. The molecule has 1 saturated heterocycles. The Hall–Kier alpha value is -0.160. The molecular formula is C11H25N3O. The topological polar surface area (TPSA) is 41.7 Å². The number of likely N-dealkylation sites (N-methyl/N-ethyl adjacent to an activating group) is 1. The summed E-state index contributed by atoms with van der Waals surface area (Å²) in [4.78, 5) is 4.80. The van der Waals surface area contributed by atoms with E-state index in [2.05, 4.69) is 23.8 Å². The predicted molar refractivity (Wildman–Crippen MR) is 63.0 cm³/mol. The molecule has 0 saturated carbocycles. The van der Waals surface area contributed by atoms with E-state index in [1.54, 1.807) is 0 Å². The minimum atomic E-state index is 0.508. The van der Waals surface area contributed by atoms with E-state index in [0.29, 0.717) is 6.04 Å². The third-order valence-corrected chi connectivity index (χ3v) is 2.95. The standard InChI is InChI=1S/C11H25N3O/c1-3-7-15-8-6-14-5-4-13(2)10-11(14)9-12/h11H,3-10,12H2,1-2H3. The summed E-state index contributed by atoms with van der Waals surface area (Å²) in [6, 6.07) is 0.508. The molecule has 1 aliphatic heterocycles. The maximum absolute atomic E-state index is 5.78. The lowest BCUT2D eigenvalue weighted by Gasteiger charge is -2.39. The van der Waals surface area contributed by atoms with Crippen LogP contribution in [0.5, 0.6) is 0 Å². The van der Waals surface area contributed by atoms with Crippen LogP contribution in [0.3, 0.4) is 0 Å². The number of nitrogens with two attached hydrogens (primary N) is 1. The van der Waals surface area contributed by atoms with Gasteiger partial charge in [0.25, 0.3) is 0 Å². The molecule has 1 unspecified atom stereocenters. The first-order valence-corrected chi connectivity index (χ1v) is 5.98. The average molecular weight is 215 g/mol. The lowest BCUT2D eigenvalue weighted by molar-refractivity contribution is 0.0513. The van der Waals surface area contributed by atoms with Gasteiger partial charge in [0, 0.05) is 45.4 Å². The summed E-state index contributed by atoms with van der Waals surface area (Å²) in [5, 5.41) is 0. The van der Waals surface area contributed by atoms with E-state index in [9.17, 15) is 0 Å². The van der Waals surface area contributed by atoms with Crippen molar-refractivity contribution in [3.63, 3.8) is 0 Å². The summed E-state index contributed by atoms with van der Waals surface area (Å²) in [5.74, 6) is 0. The van der Waals surface area contributed by atoms with Crippen molar-refractivity contribution in [2.45, 2.75) is 19.4 Å². The van der Waals surface area contributed by atoms with Gasteiger partial charge in [-0.25, -0.2) is 0 Å². The Morgan fingerprint density at radius 2 is 2.13 bits per heavy atom. The van der Waals surface area contributed by atoms with Crippen LogP contribution in [0.2, 0.25) is 0 Å². The van der Waals surface area contributed by atoms with Gasteiger partial charge < -0.3 is 15.4 Å². The van der Waals surface area contributed by atoms with E-state index in [4.69, 9.17) is 10.5 Å². The highest BCUT2D eigenvalue weighted by molar-refractivity contribution is 4.81. The largest absolute Gasteiger partial charge is 0.380 e. The maximum Gasteiger partial charge on any atom is 0.0593 e. The van der Waals surface area contributed by atoms with Crippen molar-refractivity contribution in [1.82, 2.24) is 9.80 Å². The number of ether oxygens (including phenoxy) is 1. The number of nitrogens with zero attached hydrogens (tertiary/aromatic N) is 2. The monoisotopic (exact) mass is 215 g/mol. The molecule has 0 radical (unpaired) electrons.